The number of nitrogens with one attached hydrogen (secondary N) is 1. The van der Waals surface area contributed by atoms with Gasteiger partial charge in [-0.3, -0.25) is 4.79 Å². The van der Waals surface area contributed by atoms with Crippen molar-refractivity contribution in [3.8, 4) is 0 Å². The number of hydrogen-bond acceptors (Lipinski definition) is 4. The zero-order chi connectivity index (χ0) is 17.1. The van der Waals surface area contributed by atoms with Crippen LogP contribution in [-0.2, 0) is 17.9 Å². The second kappa shape index (κ2) is 7.49. The Balaban J connectivity index is 2.02. The quantitative estimate of drug-likeness (QED) is 0.860. The molecule has 0 unspecified atom stereocenters. The first-order valence-corrected chi connectivity index (χ1v) is 9.05. The Labute approximate surface area is 145 Å². The van der Waals surface area contributed by atoms with Crippen LogP contribution in [0.25, 0.3) is 5.57 Å². The van der Waals surface area contributed by atoms with E-state index < -0.39 is 0 Å². The van der Waals surface area contributed by atoms with Gasteiger partial charge in [-0.25, -0.2) is 0 Å². The molecular weight excluding hydrogens is 298 g/mol. The van der Waals surface area contributed by atoms with E-state index in [1.165, 1.54) is 16.7 Å². The number of rotatable bonds is 1. The zero-order valence-corrected chi connectivity index (χ0v) is 15.2. The standard InChI is InChI=1S/C20H29N3O/c1-15-19(16(2)24)20-17-7-4-8-18(20)14-23(15)12-6-11-22(3)10-5-9-21-13-17/h4,7-8,21H,5-6,9-14H2,1-3H3. The van der Waals surface area contributed by atoms with E-state index in [1.54, 1.807) is 6.92 Å². The van der Waals surface area contributed by atoms with E-state index in [4.69, 9.17) is 0 Å². The average Bonchev–Trinajstić information content (AvgIpc) is 2.54. The molecule has 4 heteroatoms. The molecule has 0 atom stereocenters. The zero-order valence-electron chi connectivity index (χ0n) is 15.2. The number of ketones is 1. The molecule has 0 radical (unpaired) electrons. The largest absolute Gasteiger partial charge is 0.370 e. The maximum Gasteiger partial charge on any atom is 0.162 e. The van der Waals surface area contributed by atoms with Gasteiger partial charge >= 0.3 is 0 Å². The van der Waals surface area contributed by atoms with E-state index in [0.29, 0.717) is 0 Å². The predicted octanol–water partition coefficient (Wildman–Crippen LogP) is 2.64. The molecule has 4 rings (SSSR count). The monoisotopic (exact) mass is 327 g/mol. The first kappa shape index (κ1) is 17.2. The van der Waals surface area contributed by atoms with Crippen molar-refractivity contribution in [2.75, 3.05) is 33.2 Å². The summed E-state index contributed by atoms with van der Waals surface area (Å²) in [5.41, 5.74) is 5.78. The van der Waals surface area contributed by atoms with Crippen molar-refractivity contribution in [2.24, 2.45) is 0 Å². The van der Waals surface area contributed by atoms with Gasteiger partial charge in [-0.15, -0.1) is 0 Å². The summed E-state index contributed by atoms with van der Waals surface area (Å²) in [6.45, 7) is 9.81. The van der Waals surface area contributed by atoms with Crippen LogP contribution in [-0.4, -0.2) is 48.8 Å². The van der Waals surface area contributed by atoms with Crippen LogP contribution in [0, 0.1) is 0 Å². The molecule has 3 heterocycles. The molecule has 0 aliphatic carbocycles. The molecule has 0 spiro atoms. The number of allylic oxidation sites excluding steroid dienone is 2. The summed E-state index contributed by atoms with van der Waals surface area (Å²) in [6, 6.07) is 6.47. The van der Waals surface area contributed by atoms with Gasteiger partial charge in [-0.2, -0.15) is 0 Å². The van der Waals surface area contributed by atoms with Crippen LogP contribution in [0.4, 0.5) is 0 Å². The summed E-state index contributed by atoms with van der Waals surface area (Å²) < 4.78 is 0. The molecule has 0 fully saturated rings. The molecule has 0 saturated heterocycles. The minimum absolute atomic E-state index is 0.176. The van der Waals surface area contributed by atoms with Crippen LogP contribution in [0.3, 0.4) is 0 Å². The number of hydrogen-bond donors (Lipinski definition) is 1. The molecule has 0 saturated carbocycles. The maximum atomic E-state index is 12.4. The minimum Gasteiger partial charge on any atom is -0.370 e. The summed E-state index contributed by atoms with van der Waals surface area (Å²) in [7, 11) is 2.20. The Bertz CT molecular complexity index is 650. The molecule has 24 heavy (non-hydrogen) atoms. The smallest absolute Gasteiger partial charge is 0.162 e. The predicted molar refractivity (Wildman–Crippen MR) is 98.6 cm³/mol. The topological polar surface area (TPSA) is 35.6 Å². The van der Waals surface area contributed by atoms with Crippen LogP contribution >= 0.6 is 0 Å². The Morgan fingerprint density at radius 1 is 1.12 bits per heavy atom. The molecule has 3 aliphatic rings. The fourth-order valence-electron chi connectivity index (χ4n) is 3.93. The number of benzene rings is 1. The Hall–Kier alpha value is -1.65. The van der Waals surface area contributed by atoms with Gasteiger partial charge in [0.15, 0.2) is 5.78 Å². The summed E-state index contributed by atoms with van der Waals surface area (Å²) in [4.78, 5) is 17.2. The highest BCUT2D eigenvalue weighted by Crippen LogP contribution is 2.34. The summed E-state index contributed by atoms with van der Waals surface area (Å²) in [6.07, 6.45) is 2.28. The van der Waals surface area contributed by atoms with Gasteiger partial charge in [-0.1, -0.05) is 18.2 Å². The van der Waals surface area contributed by atoms with Gasteiger partial charge in [0.25, 0.3) is 0 Å². The van der Waals surface area contributed by atoms with E-state index in [1.807, 2.05) is 0 Å². The molecule has 130 valence electrons. The van der Waals surface area contributed by atoms with Crippen molar-refractivity contribution >= 4 is 11.4 Å². The minimum atomic E-state index is 0.176. The van der Waals surface area contributed by atoms with Crippen molar-refractivity contribution in [3.63, 3.8) is 0 Å². The van der Waals surface area contributed by atoms with Crippen LogP contribution in [0.1, 0.15) is 43.4 Å². The van der Waals surface area contributed by atoms with Crippen molar-refractivity contribution < 1.29 is 4.79 Å². The molecule has 0 amide bonds. The summed E-state index contributed by atoms with van der Waals surface area (Å²) in [5.74, 6) is 0.176. The second-order valence-corrected chi connectivity index (χ2v) is 7.08. The van der Waals surface area contributed by atoms with Crippen LogP contribution in [0.2, 0.25) is 0 Å². The molecule has 1 N–H and O–H groups in total. The van der Waals surface area contributed by atoms with E-state index >= 15 is 0 Å². The van der Waals surface area contributed by atoms with Crippen LogP contribution in [0.15, 0.2) is 23.9 Å². The summed E-state index contributed by atoms with van der Waals surface area (Å²) >= 11 is 0. The lowest BCUT2D eigenvalue weighted by Crippen LogP contribution is -2.33. The van der Waals surface area contributed by atoms with Gasteiger partial charge < -0.3 is 15.1 Å². The molecule has 0 aromatic heterocycles. The lowest BCUT2D eigenvalue weighted by molar-refractivity contribution is -0.111. The molecule has 1 aromatic carbocycles. The number of fused-ring (bicyclic) bond motifs is 8. The van der Waals surface area contributed by atoms with Crippen molar-refractivity contribution in [1.29, 1.82) is 0 Å². The average molecular weight is 327 g/mol. The maximum absolute atomic E-state index is 12.4. The number of Topliss-reactive ketones (excluding diaryl/α,β-unsaturated/α-hetero) is 1. The highest BCUT2D eigenvalue weighted by Gasteiger charge is 2.26. The molecule has 1 aromatic rings. The van der Waals surface area contributed by atoms with Crippen LogP contribution < -0.4 is 5.32 Å². The lowest BCUT2D eigenvalue weighted by atomic mass is 9.87. The van der Waals surface area contributed by atoms with Crippen molar-refractivity contribution in [3.05, 3.63) is 40.6 Å². The first-order chi connectivity index (χ1) is 11.6. The molecular formula is C20H29N3O. The summed E-state index contributed by atoms with van der Waals surface area (Å²) in [5, 5.41) is 3.56. The number of carbonyl (C=O) groups excluding carboxylic acids is 1. The molecule has 4 bridgehead atoms. The fourth-order valence-corrected chi connectivity index (χ4v) is 3.93. The molecule has 4 nitrogen and oxygen atoms in total. The van der Waals surface area contributed by atoms with E-state index in [-0.39, 0.29) is 5.78 Å². The number of nitrogens with zero attached hydrogens (tertiary/aromatic N) is 2. The fraction of sp³-hybridized carbons (Fsp3) is 0.550. The first-order valence-electron chi connectivity index (χ1n) is 9.05. The van der Waals surface area contributed by atoms with Crippen molar-refractivity contribution in [2.45, 2.75) is 39.8 Å². The SMILES string of the molecule is CC(=O)C1=C(C)N2CCCN(C)CCCNCc3cccc(c31)C2. The Kier molecular flexibility index (Phi) is 5.36. The van der Waals surface area contributed by atoms with Gasteiger partial charge in [0, 0.05) is 30.9 Å². The highest BCUT2D eigenvalue weighted by atomic mass is 16.1. The van der Waals surface area contributed by atoms with Gasteiger partial charge in [0.2, 0.25) is 0 Å². The highest BCUT2D eigenvalue weighted by molar-refractivity contribution is 6.21. The van der Waals surface area contributed by atoms with Gasteiger partial charge in [-0.05, 0) is 70.1 Å². The Morgan fingerprint density at radius 2 is 1.88 bits per heavy atom. The van der Waals surface area contributed by atoms with E-state index in [2.05, 4.69) is 47.3 Å². The normalized spacial score (nSPS) is 20.2. The van der Waals surface area contributed by atoms with Gasteiger partial charge in [0.05, 0.1) is 0 Å². The lowest BCUT2D eigenvalue weighted by Gasteiger charge is -2.35. The van der Waals surface area contributed by atoms with Gasteiger partial charge in [0.1, 0.15) is 0 Å². The third kappa shape index (κ3) is 3.55. The molecule has 3 aliphatic heterocycles. The second-order valence-electron chi connectivity index (χ2n) is 7.08. The Morgan fingerprint density at radius 3 is 2.67 bits per heavy atom. The third-order valence-electron chi connectivity index (χ3n) is 5.21. The van der Waals surface area contributed by atoms with Crippen molar-refractivity contribution in [1.82, 2.24) is 15.1 Å². The van der Waals surface area contributed by atoms with Crippen LogP contribution in [0.5, 0.6) is 0 Å². The van der Waals surface area contributed by atoms with E-state index in [0.717, 1.165) is 63.4 Å². The third-order valence-corrected chi connectivity index (χ3v) is 5.21. The van der Waals surface area contributed by atoms with E-state index in [9.17, 15) is 4.79 Å². The number of carbonyl (C=O) groups is 1.